The van der Waals surface area contributed by atoms with Crippen molar-refractivity contribution in [3.05, 3.63) is 29.8 Å². The zero-order chi connectivity index (χ0) is 14.9. The SMILES string of the molecule is CC1CCCC(NC(=O)C2(c3ccc(N)cc3)CC2)CC1. The number of hydrogen-bond donors (Lipinski definition) is 2. The normalized spacial score (nSPS) is 27.7. The molecule has 2 aliphatic carbocycles. The van der Waals surface area contributed by atoms with Crippen molar-refractivity contribution in [2.75, 3.05) is 5.73 Å². The molecule has 3 rings (SSSR count). The van der Waals surface area contributed by atoms with Crippen molar-refractivity contribution in [1.82, 2.24) is 5.32 Å². The molecule has 2 fully saturated rings. The molecular formula is C18H26N2O. The van der Waals surface area contributed by atoms with Crippen LogP contribution < -0.4 is 11.1 Å². The van der Waals surface area contributed by atoms with Gasteiger partial charge in [0.25, 0.3) is 0 Å². The van der Waals surface area contributed by atoms with E-state index in [9.17, 15) is 4.79 Å². The Hall–Kier alpha value is -1.51. The largest absolute Gasteiger partial charge is 0.399 e. The summed E-state index contributed by atoms with van der Waals surface area (Å²) >= 11 is 0. The van der Waals surface area contributed by atoms with Crippen LogP contribution in [-0.4, -0.2) is 11.9 Å². The van der Waals surface area contributed by atoms with Crippen LogP contribution in [0.2, 0.25) is 0 Å². The number of carbonyl (C=O) groups excluding carboxylic acids is 1. The van der Waals surface area contributed by atoms with E-state index in [2.05, 4.69) is 12.2 Å². The molecule has 2 aliphatic rings. The van der Waals surface area contributed by atoms with Gasteiger partial charge in [-0.25, -0.2) is 0 Å². The Kier molecular flexibility index (Phi) is 3.92. The zero-order valence-electron chi connectivity index (χ0n) is 12.9. The fourth-order valence-corrected chi connectivity index (χ4v) is 3.53. The monoisotopic (exact) mass is 286 g/mol. The van der Waals surface area contributed by atoms with Gasteiger partial charge in [0.15, 0.2) is 0 Å². The molecular weight excluding hydrogens is 260 g/mol. The lowest BCUT2D eigenvalue weighted by Gasteiger charge is -2.22. The van der Waals surface area contributed by atoms with Crippen molar-refractivity contribution < 1.29 is 4.79 Å². The van der Waals surface area contributed by atoms with E-state index in [0.717, 1.165) is 42.9 Å². The van der Waals surface area contributed by atoms with Crippen LogP contribution in [0.15, 0.2) is 24.3 Å². The number of benzene rings is 1. The van der Waals surface area contributed by atoms with E-state index in [4.69, 9.17) is 5.73 Å². The Bertz CT molecular complexity index is 504. The number of rotatable bonds is 3. The zero-order valence-corrected chi connectivity index (χ0v) is 12.9. The van der Waals surface area contributed by atoms with Gasteiger partial charge >= 0.3 is 0 Å². The topological polar surface area (TPSA) is 55.1 Å². The molecule has 0 saturated heterocycles. The average molecular weight is 286 g/mol. The molecule has 114 valence electrons. The molecule has 3 heteroatoms. The molecule has 3 nitrogen and oxygen atoms in total. The smallest absolute Gasteiger partial charge is 0.230 e. The van der Waals surface area contributed by atoms with Gasteiger partial charge < -0.3 is 11.1 Å². The molecule has 1 amide bonds. The molecule has 0 spiro atoms. The van der Waals surface area contributed by atoms with Crippen molar-refractivity contribution in [1.29, 1.82) is 0 Å². The first-order valence-electron chi connectivity index (χ1n) is 8.27. The molecule has 0 aromatic heterocycles. The Balaban J connectivity index is 1.66. The fraction of sp³-hybridized carbons (Fsp3) is 0.611. The summed E-state index contributed by atoms with van der Waals surface area (Å²) < 4.78 is 0. The van der Waals surface area contributed by atoms with Gasteiger partial charge in [0.1, 0.15) is 0 Å². The number of hydrogen-bond acceptors (Lipinski definition) is 2. The number of amides is 1. The van der Waals surface area contributed by atoms with Gasteiger partial charge in [0, 0.05) is 11.7 Å². The maximum Gasteiger partial charge on any atom is 0.230 e. The molecule has 0 aliphatic heterocycles. The average Bonchev–Trinajstić information content (AvgIpc) is 3.27. The lowest BCUT2D eigenvalue weighted by Crippen LogP contribution is -2.41. The molecule has 3 N–H and O–H groups in total. The third-order valence-corrected chi connectivity index (χ3v) is 5.24. The van der Waals surface area contributed by atoms with Crippen LogP contribution in [0.25, 0.3) is 0 Å². The summed E-state index contributed by atoms with van der Waals surface area (Å²) in [6, 6.07) is 8.19. The van der Waals surface area contributed by atoms with Crippen LogP contribution in [0.5, 0.6) is 0 Å². The Morgan fingerprint density at radius 1 is 1.14 bits per heavy atom. The summed E-state index contributed by atoms with van der Waals surface area (Å²) in [6.07, 6.45) is 7.96. The van der Waals surface area contributed by atoms with Gasteiger partial charge in [0.05, 0.1) is 5.41 Å². The molecule has 0 heterocycles. The van der Waals surface area contributed by atoms with Crippen LogP contribution in [0, 0.1) is 5.92 Å². The number of nitrogen functional groups attached to an aromatic ring is 1. The molecule has 2 saturated carbocycles. The first kappa shape index (κ1) is 14.4. The summed E-state index contributed by atoms with van der Waals surface area (Å²) in [4.78, 5) is 12.7. The molecule has 0 radical (unpaired) electrons. The number of carbonyl (C=O) groups is 1. The molecule has 1 aromatic carbocycles. The third kappa shape index (κ3) is 3.07. The van der Waals surface area contributed by atoms with Crippen molar-refractivity contribution in [3.63, 3.8) is 0 Å². The summed E-state index contributed by atoms with van der Waals surface area (Å²) in [6.45, 7) is 2.32. The van der Waals surface area contributed by atoms with Crippen LogP contribution in [0.3, 0.4) is 0 Å². The highest BCUT2D eigenvalue weighted by molar-refractivity contribution is 5.91. The van der Waals surface area contributed by atoms with Crippen LogP contribution in [0.4, 0.5) is 5.69 Å². The van der Waals surface area contributed by atoms with Crippen molar-refractivity contribution in [3.8, 4) is 0 Å². The van der Waals surface area contributed by atoms with Gasteiger partial charge in [0.2, 0.25) is 5.91 Å². The lowest BCUT2D eigenvalue weighted by molar-refractivity contribution is -0.124. The lowest BCUT2D eigenvalue weighted by atomic mass is 9.94. The second-order valence-corrected chi connectivity index (χ2v) is 6.99. The van der Waals surface area contributed by atoms with Crippen LogP contribution in [0.1, 0.15) is 57.4 Å². The quantitative estimate of drug-likeness (QED) is 0.661. The van der Waals surface area contributed by atoms with Crippen LogP contribution >= 0.6 is 0 Å². The number of nitrogens with one attached hydrogen (secondary N) is 1. The van der Waals surface area contributed by atoms with Gasteiger partial charge in [-0.1, -0.05) is 31.9 Å². The summed E-state index contributed by atoms with van der Waals surface area (Å²) in [5.74, 6) is 1.03. The third-order valence-electron chi connectivity index (χ3n) is 5.24. The van der Waals surface area contributed by atoms with E-state index in [1.54, 1.807) is 0 Å². The van der Waals surface area contributed by atoms with Crippen LogP contribution in [-0.2, 0) is 10.2 Å². The second kappa shape index (κ2) is 5.70. The predicted molar refractivity (Wildman–Crippen MR) is 85.9 cm³/mol. The van der Waals surface area contributed by atoms with Crippen molar-refractivity contribution in [2.45, 2.75) is 63.3 Å². The fourth-order valence-electron chi connectivity index (χ4n) is 3.53. The van der Waals surface area contributed by atoms with E-state index < -0.39 is 0 Å². The summed E-state index contributed by atoms with van der Waals surface area (Å²) in [5.41, 5.74) is 7.35. The maximum absolute atomic E-state index is 12.7. The first-order valence-corrected chi connectivity index (χ1v) is 8.27. The van der Waals surface area contributed by atoms with Gasteiger partial charge in [-0.05, 0) is 55.7 Å². The predicted octanol–water partition coefficient (Wildman–Crippen LogP) is 3.39. The Morgan fingerprint density at radius 2 is 1.86 bits per heavy atom. The minimum absolute atomic E-state index is 0.229. The van der Waals surface area contributed by atoms with E-state index in [-0.39, 0.29) is 11.3 Å². The first-order chi connectivity index (χ1) is 10.1. The second-order valence-electron chi connectivity index (χ2n) is 6.99. The molecule has 2 atom stereocenters. The highest BCUT2D eigenvalue weighted by atomic mass is 16.2. The van der Waals surface area contributed by atoms with E-state index in [1.807, 2.05) is 24.3 Å². The highest BCUT2D eigenvalue weighted by Gasteiger charge is 2.51. The molecule has 0 bridgehead atoms. The Morgan fingerprint density at radius 3 is 2.52 bits per heavy atom. The molecule has 1 aromatic rings. The molecule has 21 heavy (non-hydrogen) atoms. The number of nitrogens with two attached hydrogens (primary N) is 1. The minimum Gasteiger partial charge on any atom is -0.399 e. The summed E-state index contributed by atoms with van der Waals surface area (Å²) in [7, 11) is 0. The maximum atomic E-state index is 12.7. The Labute approximate surface area is 127 Å². The van der Waals surface area contributed by atoms with Crippen molar-refractivity contribution in [2.24, 2.45) is 5.92 Å². The van der Waals surface area contributed by atoms with Gasteiger partial charge in [-0.3, -0.25) is 4.79 Å². The standard InChI is InChI=1S/C18H26N2O/c1-13-3-2-4-16(10-5-13)20-17(21)18(11-12-18)14-6-8-15(19)9-7-14/h6-9,13,16H,2-5,10-12,19H2,1H3,(H,20,21). The van der Waals surface area contributed by atoms with Gasteiger partial charge in [-0.2, -0.15) is 0 Å². The molecule has 2 unspecified atom stereocenters. The summed E-state index contributed by atoms with van der Waals surface area (Å²) in [5, 5.41) is 3.33. The van der Waals surface area contributed by atoms with E-state index >= 15 is 0 Å². The highest BCUT2D eigenvalue weighted by Crippen LogP contribution is 2.48. The van der Waals surface area contributed by atoms with Gasteiger partial charge in [-0.15, -0.1) is 0 Å². The van der Waals surface area contributed by atoms with Crippen molar-refractivity contribution >= 4 is 11.6 Å². The van der Waals surface area contributed by atoms with E-state index in [0.29, 0.717) is 6.04 Å². The van der Waals surface area contributed by atoms with E-state index in [1.165, 1.54) is 19.3 Å². The number of anilines is 1. The minimum atomic E-state index is -0.272.